The monoisotopic (exact) mass is 232 g/mol. The second kappa shape index (κ2) is 4.40. The van der Waals surface area contributed by atoms with Crippen molar-refractivity contribution < 1.29 is 5.11 Å². The molecule has 0 aliphatic rings. The maximum absolute atomic E-state index is 10.5. The van der Waals surface area contributed by atoms with Crippen molar-refractivity contribution in [3.05, 3.63) is 57.8 Å². The molecule has 0 aliphatic carbocycles. The maximum atomic E-state index is 10.5. The summed E-state index contributed by atoms with van der Waals surface area (Å²) in [6.07, 6.45) is 1.03. The van der Waals surface area contributed by atoms with Gasteiger partial charge in [0.25, 0.3) is 0 Å². The normalized spacial score (nSPS) is 14.7. The van der Waals surface area contributed by atoms with Crippen LogP contribution in [0.5, 0.6) is 0 Å². The molecule has 2 heteroatoms. The van der Waals surface area contributed by atoms with E-state index in [-0.39, 0.29) is 0 Å². The highest BCUT2D eigenvalue weighted by Gasteiger charge is 2.25. The van der Waals surface area contributed by atoms with E-state index in [9.17, 15) is 5.11 Å². The number of aliphatic hydroxyl groups is 1. The zero-order valence-electron chi connectivity index (χ0n) is 9.60. The first-order valence-electron chi connectivity index (χ1n) is 5.49. The van der Waals surface area contributed by atoms with E-state index in [0.717, 1.165) is 17.5 Å². The molecule has 2 aromatic rings. The van der Waals surface area contributed by atoms with Crippen LogP contribution in [-0.2, 0) is 12.0 Å². The number of aryl methyl sites for hydroxylation is 1. The third kappa shape index (κ3) is 2.04. The lowest BCUT2D eigenvalue weighted by Crippen LogP contribution is -2.21. The number of thiophene rings is 1. The molecule has 1 heterocycles. The van der Waals surface area contributed by atoms with Crippen molar-refractivity contribution in [1.29, 1.82) is 0 Å². The van der Waals surface area contributed by atoms with Crippen LogP contribution in [-0.4, -0.2) is 5.11 Å². The summed E-state index contributed by atoms with van der Waals surface area (Å²) in [5.41, 5.74) is 2.32. The van der Waals surface area contributed by atoms with E-state index in [1.54, 1.807) is 11.3 Å². The Bertz CT molecular complexity index is 440. The first-order valence-corrected chi connectivity index (χ1v) is 6.43. The number of benzene rings is 1. The van der Waals surface area contributed by atoms with Gasteiger partial charge in [0.1, 0.15) is 5.60 Å². The van der Waals surface area contributed by atoms with Crippen molar-refractivity contribution >= 4 is 11.3 Å². The highest BCUT2D eigenvalue weighted by atomic mass is 32.1. The second-order valence-electron chi connectivity index (χ2n) is 4.13. The molecule has 0 saturated heterocycles. The van der Waals surface area contributed by atoms with Crippen LogP contribution in [0.15, 0.2) is 41.1 Å². The van der Waals surface area contributed by atoms with Crippen molar-refractivity contribution in [3.8, 4) is 0 Å². The Morgan fingerprint density at radius 3 is 2.31 bits per heavy atom. The molecule has 0 fully saturated rings. The largest absolute Gasteiger partial charge is 0.381 e. The molecule has 1 N–H and O–H groups in total. The molecule has 2 rings (SSSR count). The fourth-order valence-electron chi connectivity index (χ4n) is 1.77. The molecule has 16 heavy (non-hydrogen) atoms. The minimum absolute atomic E-state index is 0.883. The fourth-order valence-corrected chi connectivity index (χ4v) is 2.53. The zero-order chi connectivity index (χ0) is 11.6. The Balaban J connectivity index is 2.35. The molecule has 1 nitrogen and oxygen atoms in total. The van der Waals surface area contributed by atoms with Crippen LogP contribution in [0.4, 0.5) is 0 Å². The maximum Gasteiger partial charge on any atom is 0.113 e. The lowest BCUT2D eigenvalue weighted by Gasteiger charge is -2.23. The summed E-state index contributed by atoms with van der Waals surface area (Å²) in [7, 11) is 0. The molecule has 1 aromatic carbocycles. The summed E-state index contributed by atoms with van der Waals surface area (Å²) in [6, 6.07) is 10.2. The van der Waals surface area contributed by atoms with E-state index >= 15 is 0 Å². The predicted octanol–water partition coefficient (Wildman–Crippen LogP) is 3.57. The standard InChI is InChI=1S/C14H16OS/c1-3-11-4-6-12(7-5-11)14(2,15)13-8-9-16-10-13/h4-10,15H,3H2,1-2H3. The van der Waals surface area contributed by atoms with Gasteiger partial charge in [-0.15, -0.1) is 0 Å². The SMILES string of the molecule is CCc1ccc(C(C)(O)c2ccsc2)cc1. The summed E-state index contributed by atoms with van der Waals surface area (Å²) < 4.78 is 0. The third-order valence-electron chi connectivity index (χ3n) is 3.01. The predicted molar refractivity (Wildman–Crippen MR) is 68.8 cm³/mol. The van der Waals surface area contributed by atoms with Gasteiger partial charge in [-0.2, -0.15) is 11.3 Å². The van der Waals surface area contributed by atoms with E-state index in [4.69, 9.17) is 0 Å². The van der Waals surface area contributed by atoms with Gasteiger partial charge in [0, 0.05) is 0 Å². The topological polar surface area (TPSA) is 20.2 Å². The number of rotatable bonds is 3. The second-order valence-corrected chi connectivity index (χ2v) is 4.91. The van der Waals surface area contributed by atoms with Gasteiger partial charge >= 0.3 is 0 Å². The van der Waals surface area contributed by atoms with Crippen LogP contribution >= 0.6 is 11.3 Å². The van der Waals surface area contributed by atoms with Crippen LogP contribution in [0.3, 0.4) is 0 Å². The lowest BCUT2D eigenvalue weighted by molar-refractivity contribution is 0.103. The van der Waals surface area contributed by atoms with Crippen LogP contribution in [0.2, 0.25) is 0 Å². The number of hydrogen-bond acceptors (Lipinski definition) is 2. The minimum Gasteiger partial charge on any atom is -0.381 e. The van der Waals surface area contributed by atoms with Crippen molar-refractivity contribution in [2.75, 3.05) is 0 Å². The minimum atomic E-state index is -0.883. The molecular formula is C14H16OS. The lowest BCUT2D eigenvalue weighted by atomic mass is 9.89. The molecule has 1 atom stereocenters. The van der Waals surface area contributed by atoms with Gasteiger partial charge in [-0.1, -0.05) is 31.2 Å². The first-order chi connectivity index (χ1) is 7.64. The molecule has 0 saturated carbocycles. The van der Waals surface area contributed by atoms with Gasteiger partial charge in [0.15, 0.2) is 0 Å². The van der Waals surface area contributed by atoms with Crippen molar-refractivity contribution in [2.24, 2.45) is 0 Å². The first kappa shape index (κ1) is 11.4. The number of hydrogen-bond donors (Lipinski definition) is 1. The average Bonchev–Trinajstić information content (AvgIpc) is 2.83. The Kier molecular flexibility index (Phi) is 3.13. The van der Waals surface area contributed by atoms with E-state index in [0.29, 0.717) is 0 Å². The Morgan fingerprint density at radius 1 is 1.12 bits per heavy atom. The highest BCUT2D eigenvalue weighted by Crippen LogP contribution is 2.30. The Labute approximate surface area is 100 Å². The molecule has 1 aromatic heterocycles. The van der Waals surface area contributed by atoms with E-state index in [2.05, 4.69) is 19.1 Å². The molecule has 0 radical (unpaired) electrons. The van der Waals surface area contributed by atoms with Crippen molar-refractivity contribution in [1.82, 2.24) is 0 Å². The molecule has 0 aliphatic heterocycles. The van der Waals surface area contributed by atoms with Crippen LogP contribution in [0, 0.1) is 0 Å². The van der Waals surface area contributed by atoms with Gasteiger partial charge in [0.2, 0.25) is 0 Å². The van der Waals surface area contributed by atoms with E-state index in [1.165, 1.54) is 5.56 Å². The van der Waals surface area contributed by atoms with Gasteiger partial charge in [-0.25, -0.2) is 0 Å². The van der Waals surface area contributed by atoms with Crippen LogP contribution < -0.4 is 0 Å². The highest BCUT2D eigenvalue weighted by molar-refractivity contribution is 7.08. The summed E-state index contributed by atoms with van der Waals surface area (Å²) in [5, 5.41) is 14.5. The van der Waals surface area contributed by atoms with Gasteiger partial charge in [0.05, 0.1) is 0 Å². The van der Waals surface area contributed by atoms with Crippen molar-refractivity contribution in [3.63, 3.8) is 0 Å². The van der Waals surface area contributed by atoms with Crippen LogP contribution in [0.1, 0.15) is 30.5 Å². The summed E-state index contributed by atoms with van der Waals surface area (Å²) in [5.74, 6) is 0. The van der Waals surface area contributed by atoms with E-state index < -0.39 is 5.60 Å². The van der Waals surface area contributed by atoms with Gasteiger partial charge in [-0.05, 0) is 46.9 Å². The van der Waals surface area contributed by atoms with Crippen molar-refractivity contribution in [2.45, 2.75) is 25.9 Å². The third-order valence-corrected chi connectivity index (χ3v) is 3.69. The Hall–Kier alpha value is -1.12. The quantitative estimate of drug-likeness (QED) is 0.857. The fraction of sp³-hybridized carbons (Fsp3) is 0.286. The molecule has 1 unspecified atom stereocenters. The molecular weight excluding hydrogens is 216 g/mol. The summed E-state index contributed by atoms with van der Waals surface area (Å²) in [6.45, 7) is 3.97. The molecule has 0 bridgehead atoms. The molecule has 84 valence electrons. The van der Waals surface area contributed by atoms with E-state index in [1.807, 2.05) is 35.9 Å². The molecule has 0 amide bonds. The smallest absolute Gasteiger partial charge is 0.113 e. The zero-order valence-corrected chi connectivity index (χ0v) is 10.4. The van der Waals surface area contributed by atoms with Gasteiger partial charge in [-0.3, -0.25) is 0 Å². The average molecular weight is 232 g/mol. The summed E-state index contributed by atoms with van der Waals surface area (Å²) in [4.78, 5) is 0. The summed E-state index contributed by atoms with van der Waals surface area (Å²) >= 11 is 1.61. The Morgan fingerprint density at radius 2 is 1.81 bits per heavy atom. The van der Waals surface area contributed by atoms with Gasteiger partial charge < -0.3 is 5.11 Å². The molecule has 0 spiro atoms. The van der Waals surface area contributed by atoms with Crippen LogP contribution in [0.25, 0.3) is 0 Å².